The van der Waals surface area contributed by atoms with E-state index in [1.165, 1.54) is 27.8 Å². The molecule has 0 aliphatic heterocycles. The number of aliphatic carboxylic acids is 2. The van der Waals surface area contributed by atoms with E-state index in [0.29, 0.717) is 0 Å². The second kappa shape index (κ2) is 10.8. The van der Waals surface area contributed by atoms with Crippen LogP contribution in [0.2, 0.25) is 0 Å². The van der Waals surface area contributed by atoms with E-state index in [4.69, 9.17) is 19.8 Å². The Kier molecular flexibility index (Phi) is 13.1. The van der Waals surface area contributed by atoms with Gasteiger partial charge in [0.05, 0.1) is 0 Å². The van der Waals surface area contributed by atoms with E-state index in [-0.39, 0.29) is 19.5 Å². The van der Waals surface area contributed by atoms with E-state index < -0.39 is 11.9 Å². The summed E-state index contributed by atoms with van der Waals surface area (Å²) in [6, 6.07) is 0. The first-order valence-electron chi connectivity index (χ1n) is 5.61. The predicted molar refractivity (Wildman–Crippen MR) is 72.3 cm³/mol. The minimum absolute atomic E-state index is 0. The van der Waals surface area contributed by atoms with Gasteiger partial charge in [-0.25, -0.2) is 0 Å². The SMILES string of the molecule is CC(=O)O.CC(=O)O.Cc1c(C)c(C)[c-](C)c1C.[Rh]. The molecule has 1 aromatic carbocycles. The van der Waals surface area contributed by atoms with E-state index in [1.54, 1.807) is 0 Å². The second-order valence-corrected chi connectivity index (χ2v) is 4.16. The van der Waals surface area contributed by atoms with Crippen LogP contribution in [-0.2, 0) is 29.1 Å². The molecule has 0 atom stereocenters. The number of carbonyl (C=O) groups is 2. The molecule has 0 fully saturated rings. The van der Waals surface area contributed by atoms with E-state index >= 15 is 0 Å². The zero-order chi connectivity index (χ0) is 15.0. The number of carboxylic acid groups (broad SMARTS) is 2. The number of hydrogen-bond donors (Lipinski definition) is 2. The molecule has 0 amide bonds. The third-order valence-electron chi connectivity index (χ3n) is 2.81. The van der Waals surface area contributed by atoms with Crippen LogP contribution in [0.4, 0.5) is 0 Å². The van der Waals surface area contributed by atoms with Crippen molar-refractivity contribution in [1.29, 1.82) is 0 Å². The van der Waals surface area contributed by atoms with Gasteiger partial charge in [0.25, 0.3) is 11.9 Å². The summed E-state index contributed by atoms with van der Waals surface area (Å²) in [7, 11) is 0. The average Bonchev–Trinajstić information content (AvgIpc) is 2.35. The van der Waals surface area contributed by atoms with E-state index in [1.807, 2.05) is 0 Å². The van der Waals surface area contributed by atoms with Gasteiger partial charge in [-0.2, -0.15) is 27.8 Å². The third-order valence-corrected chi connectivity index (χ3v) is 2.81. The van der Waals surface area contributed by atoms with Gasteiger partial charge in [0.2, 0.25) is 0 Å². The molecule has 4 nitrogen and oxygen atoms in total. The smallest absolute Gasteiger partial charge is 0.300 e. The van der Waals surface area contributed by atoms with Crippen LogP contribution >= 0.6 is 0 Å². The first-order valence-corrected chi connectivity index (χ1v) is 5.61. The van der Waals surface area contributed by atoms with Gasteiger partial charge in [0.15, 0.2) is 0 Å². The number of carboxylic acids is 2. The van der Waals surface area contributed by atoms with Crippen LogP contribution in [0, 0.1) is 34.6 Å². The topological polar surface area (TPSA) is 74.6 Å². The van der Waals surface area contributed by atoms with E-state index in [0.717, 1.165) is 13.8 Å². The van der Waals surface area contributed by atoms with Crippen molar-refractivity contribution < 1.29 is 39.3 Å². The monoisotopic (exact) mass is 358 g/mol. The summed E-state index contributed by atoms with van der Waals surface area (Å²) < 4.78 is 0. The van der Waals surface area contributed by atoms with Gasteiger partial charge in [0, 0.05) is 33.3 Å². The molecule has 19 heavy (non-hydrogen) atoms. The van der Waals surface area contributed by atoms with Crippen molar-refractivity contribution in [3.63, 3.8) is 0 Å². The molecule has 1 radical (unpaired) electrons. The van der Waals surface area contributed by atoms with Crippen molar-refractivity contribution in [2.24, 2.45) is 0 Å². The van der Waals surface area contributed by atoms with E-state index in [9.17, 15) is 0 Å². The van der Waals surface area contributed by atoms with Gasteiger partial charge < -0.3 is 10.2 Å². The Labute approximate surface area is 128 Å². The largest absolute Gasteiger partial charge is 0.481 e. The summed E-state index contributed by atoms with van der Waals surface area (Å²) in [5, 5.41) is 14.8. The summed E-state index contributed by atoms with van der Waals surface area (Å²) in [4.78, 5) is 18.0. The Morgan fingerprint density at radius 3 is 1.05 bits per heavy atom. The maximum Gasteiger partial charge on any atom is 0.300 e. The summed E-state index contributed by atoms with van der Waals surface area (Å²) in [6.07, 6.45) is 0. The van der Waals surface area contributed by atoms with Crippen LogP contribution in [0.5, 0.6) is 0 Å². The molecule has 0 bridgehead atoms. The molecular weight excluding hydrogens is 335 g/mol. The minimum Gasteiger partial charge on any atom is -0.481 e. The molecule has 0 spiro atoms. The van der Waals surface area contributed by atoms with Crippen molar-refractivity contribution in [2.75, 3.05) is 0 Å². The van der Waals surface area contributed by atoms with Gasteiger partial charge in [-0.1, -0.05) is 34.6 Å². The van der Waals surface area contributed by atoms with Gasteiger partial charge >= 0.3 is 0 Å². The van der Waals surface area contributed by atoms with Crippen LogP contribution in [0.3, 0.4) is 0 Å². The Hall–Kier alpha value is -1.09. The zero-order valence-corrected chi connectivity index (χ0v) is 14.2. The Bertz CT molecular complexity index is 319. The normalized spacial score (nSPS) is 8.16. The quantitative estimate of drug-likeness (QED) is 0.552. The van der Waals surface area contributed by atoms with Crippen molar-refractivity contribution in [1.82, 2.24) is 0 Å². The van der Waals surface area contributed by atoms with Crippen molar-refractivity contribution in [2.45, 2.75) is 48.5 Å². The summed E-state index contributed by atoms with van der Waals surface area (Å²) >= 11 is 0. The molecule has 0 saturated carbocycles. The molecule has 0 aromatic heterocycles. The van der Waals surface area contributed by atoms with Gasteiger partial charge in [-0.15, -0.1) is 0 Å². The number of hydrogen-bond acceptors (Lipinski definition) is 2. The Morgan fingerprint density at radius 1 is 0.842 bits per heavy atom. The van der Waals surface area contributed by atoms with Gasteiger partial charge in [0.1, 0.15) is 0 Å². The van der Waals surface area contributed by atoms with E-state index in [2.05, 4.69) is 34.6 Å². The molecule has 0 saturated heterocycles. The molecule has 0 unspecified atom stereocenters. The fourth-order valence-corrected chi connectivity index (χ4v) is 1.41. The second-order valence-electron chi connectivity index (χ2n) is 4.16. The Morgan fingerprint density at radius 2 is 1.00 bits per heavy atom. The minimum atomic E-state index is -0.833. The van der Waals surface area contributed by atoms with Crippen molar-refractivity contribution in [3.8, 4) is 0 Å². The van der Waals surface area contributed by atoms with Crippen LogP contribution in [0.1, 0.15) is 41.7 Å². The van der Waals surface area contributed by atoms with Crippen LogP contribution in [0.25, 0.3) is 0 Å². The summed E-state index contributed by atoms with van der Waals surface area (Å²) in [6.45, 7) is 13.2. The predicted octanol–water partition coefficient (Wildman–Crippen LogP) is 3.13. The summed E-state index contributed by atoms with van der Waals surface area (Å²) in [5.41, 5.74) is 7.34. The molecule has 0 aliphatic carbocycles. The maximum absolute atomic E-state index is 9.00. The maximum atomic E-state index is 9.00. The molecule has 0 aliphatic rings. The molecule has 1 aromatic rings. The van der Waals surface area contributed by atoms with Crippen molar-refractivity contribution in [3.05, 3.63) is 27.8 Å². The van der Waals surface area contributed by atoms with Gasteiger partial charge in [-0.05, 0) is 0 Å². The molecule has 1 rings (SSSR count). The fourth-order valence-electron chi connectivity index (χ4n) is 1.41. The third kappa shape index (κ3) is 10.5. The van der Waals surface area contributed by atoms with Crippen LogP contribution < -0.4 is 0 Å². The zero-order valence-electron chi connectivity index (χ0n) is 12.5. The fraction of sp³-hybridized carbons (Fsp3) is 0.500. The first-order chi connectivity index (χ1) is 8.02. The van der Waals surface area contributed by atoms with Crippen LogP contribution in [0.15, 0.2) is 0 Å². The number of rotatable bonds is 0. The van der Waals surface area contributed by atoms with Gasteiger partial charge in [-0.3, -0.25) is 9.59 Å². The molecule has 2 N–H and O–H groups in total. The molecule has 5 heteroatoms. The average molecular weight is 358 g/mol. The molecular formula is C14H23O4Rh-. The van der Waals surface area contributed by atoms with Crippen LogP contribution in [-0.4, -0.2) is 22.2 Å². The molecule has 113 valence electrons. The Balaban J connectivity index is -0.000000242. The standard InChI is InChI=1S/C10H15.2C2H4O2.Rh/c1-6-7(2)9(4)10(5)8(6)3;2*1-2(3)4;/h1-5H3;2*1H3,(H,3,4);/q-1;;;. The first kappa shape index (κ1) is 23.0. The van der Waals surface area contributed by atoms with Crippen molar-refractivity contribution >= 4 is 11.9 Å². The molecule has 0 heterocycles. The summed E-state index contributed by atoms with van der Waals surface area (Å²) in [5.74, 6) is -1.67.